The van der Waals surface area contributed by atoms with Gasteiger partial charge in [-0.25, -0.2) is 9.97 Å². The van der Waals surface area contributed by atoms with Gasteiger partial charge in [0, 0.05) is 41.8 Å². The van der Waals surface area contributed by atoms with Gasteiger partial charge in [0.2, 0.25) is 0 Å². The van der Waals surface area contributed by atoms with Crippen molar-refractivity contribution in [1.29, 1.82) is 0 Å². The fourth-order valence-electron chi connectivity index (χ4n) is 4.67. The molecule has 1 aliphatic rings. The summed E-state index contributed by atoms with van der Waals surface area (Å²) in [5.41, 5.74) is 6.64. The summed E-state index contributed by atoms with van der Waals surface area (Å²) in [7, 11) is 0. The summed E-state index contributed by atoms with van der Waals surface area (Å²) >= 11 is 0. The number of nitrogens with one attached hydrogen (secondary N) is 1. The van der Waals surface area contributed by atoms with Crippen LogP contribution in [-0.4, -0.2) is 24.8 Å². The maximum atomic E-state index is 13.3. The van der Waals surface area contributed by atoms with E-state index in [1.807, 2.05) is 59.3 Å². The van der Waals surface area contributed by atoms with Gasteiger partial charge in [0.25, 0.3) is 5.91 Å². The van der Waals surface area contributed by atoms with E-state index in [2.05, 4.69) is 26.8 Å². The molecule has 32 heavy (non-hydrogen) atoms. The van der Waals surface area contributed by atoms with Crippen molar-refractivity contribution in [1.82, 2.24) is 18.9 Å². The molecule has 6 nitrogen and oxygen atoms in total. The van der Waals surface area contributed by atoms with Crippen LogP contribution < -0.4 is 5.32 Å². The quantitative estimate of drug-likeness (QED) is 0.451. The smallest absolute Gasteiger partial charge is 0.272 e. The molecule has 0 saturated carbocycles. The summed E-state index contributed by atoms with van der Waals surface area (Å²) in [6.07, 6.45) is 8.28. The van der Waals surface area contributed by atoms with Gasteiger partial charge in [0.15, 0.2) is 0 Å². The minimum Gasteiger partial charge on any atom is -0.321 e. The third kappa shape index (κ3) is 3.24. The Bertz CT molecular complexity index is 1450. The maximum Gasteiger partial charge on any atom is 0.272 e. The van der Waals surface area contributed by atoms with E-state index in [1.165, 1.54) is 24.2 Å². The molecule has 1 amide bonds. The predicted molar refractivity (Wildman–Crippen MR) is 125 cm³/mol. The third-order valence-electron chi connectivity index (χ3n) is 6.21. The number of fused-ring (bicyclic) bond motifs is 4. The molecule has 0 spiro atoms. The number of nitrogens with zero attached hydrogens (tertiary/aromatic N) is 4. The first kappa shape index (κ1) is 18.8. The van der Waals surface area contributed by atoms with Crippen LogP contribution in [0.25, 0.3) is 16.7 Å². The summed E-state index contributed by atoms with van der Waals surface area (Å²) < 4.78 is 4.13. The monoisotopic (exact) mass is 421 g/mol. The predicted octanol–water partition coefficient (Wildman–Crippen LogP) is 4.86. The van der Waals surface area contributed by atoms with Crippen molar-refractivity contribution in [2.45, 2.75) is 32.2 Å². The molecular formula is C26H23N5O. The van der Waals surface area contributed by atoms with Gasteiger partial charge >= 0.3 is 0 Å². The Labute approximate surface area is 185 Å². The van der Waals surface area contributed by atoms with Crippen LogP contribution in [0.15, 0.2) is 73.1 Å². The van der Waals surface area contributed by atoms with Crippen LogP contribution >= 0.6 is 0 Å². The summed E-state index contributed by atoms with van der Waals surface area (Å²) in [5, 5.41) is 4.03. The zero-order valence-corrected chi connectivity index (χ0v) is 17.7. The van der Waals surface area contributed by atoms with E-state index < -0.39 is 0 Å². The fourth-order valence-corrected chi connectivity index (χ4v) is 4.67. The average Bonchev–Trinajstić information content (AvgIpc) is 3.38. The lowest BCUT2D eigenvalue weighted by Crippen LogP contribution is -2.18. The molecular weight excluding hydrogens is 398 g/mol. The maximum absolute atomic E-state index is 13.3. The van der Waals surface area contributed by atoms with Crippen LogP contribution in [0.5, 0.6) is 0 Å². The highest BCUT2D eigenvalue weighted by molar-refractivity contribution is 6.06. The molecule has 158 valence electrons. The standard InChI is InChI=1S/C26H23N5O/c32-26(28-20-12-14-30-22-11-5-4-10-21(22)29-24(30)16-20)23-15-19-9-6-13-27-25(19)31(23)17-18-7-2-1-3-8-18/h1-3,6-9,12-16H,4-5,10-11,17H2,(H,28,32). The van der Waals surface area contributed by atoms with Gasteiger partial charge in [0.05, 0.1) is 5.69 Å². The van der Waals surface area contributed by atoms with Crippen LogP contribution in [0.2, 0.25) is 0 Å². The van der Waals surface area contributed by atoms with Crippen LogP contribution in [0, 0.1) is 0 Å². The molecule has 4 aromatic heterocycles. The lowest BCUT2D eigenvalue weighted by atomic mass is 10.0. The van der Waals surface area contributed by atoms with Gasteiger partial charge in [-0.3, -0.25) is 4.79 Å². The zero-order valence-electron chi connectivity index (χ0n) is 17.7. The number of imidazole rings is 1. The van der Waals surface area contributed by atoms with Gasteiger partial charge in [0.1, 0.15) is 17.0 Å². The number of carbonyl (C=O) groups excluding carboxylic acids is 1. The van der Waals surface area contributed by atoms with Gasteiger partial charge in [-0.1, -0.05) is 30.3 Å². The third-order valence-corrected chi connectivity index (χ3v) is 6.21. The van der Waals surface area contributed by atoms with Gasteiger partial charge < -0.3 is 14.3 Å². The number of hydrogen-bond acceptors (Lipinski definition) is 3. The molecule has 0 saturated heterocycles. The van der Waals surface area contributed by atoms with E-state index in [0.29, 0.717) is 12.2 Å². The van der Waals surface area contributed by atoms with Crippen molar-refractivity contribution in [3.63, 3.8) is 0 Å². The molecule has 0 atom stereocenters. The Morgan fingerprint density at radius 2 is 1.88 bits per heavy atom. The fraction of sp³-hybridized carbons (Fsp3) is 0.192. The van der Waals surface area contributed by atoms with Gasteiger partial charge in [-0.2, -0.15) is 0 Å². The summed E-state index contributed by atoms with van der Waals surface area (Å²) in [6, 6.07) is 19.8. The normalized spacial score (nSPS) is 13.4. The summed E-state index contributed by atoms with van der Waals surface area (Å²) in [4.78, 5) is 22.7. The van der Waals surface area contributed by atoms with Crippen LogP contribution in [0.3, 0.4) is 0 Å². The minimum absolute atomic E-state index is 0.153. The lowest BCUT2D eigenvalue weighted by Gasteiger charge is -2.12. The molecule has 5 aromatic rings. The van der Waals surface area contributed by atoms with Crippen molar-refractivity contribution in [3.05, 3.63) is 95.7 Å². The number of aryl methyl sites for hydroxylation is 2. The van der Waals surface area contributed by atoms with Crippen molar-refractivity contribution in [2.24, 2.45) is 0 Å². The molecule has 1 aromatic carbocycles. The van der Waals surface area contributed by atoms with Gasteiger partial charge in [-0.05, 0) is 55.5 Å². The second-order valence-electron chi connectivity index (χ2n) is 8.33. The highest BCUT2D eigenvalue weighted by atomic mass is 16.2. The Kier molecular flexibility index (Phi) is 4.49. The second-order valence-corrected chi connectivity index (χ2v) is 8.33. The second kappa shape index (κ2) is 7.64. The molecule has 4 heterocycles. The highest BCUT2D eigenvalue weighted by Crippen LogP contribution is 2.25. The van der Waals surface area contributed by atoms with Crippen LogP contribution in [0.4, 0.5) is 5.69 Å². The number of amides is 1. The zero-order chi connectivity index (χ0) is 21.5. The number of aromatic nitrogens is 4. The topological polar surface area (TPSA) is 64.2 Å². The Morgan fingerprint density at radius 1 is 1.00 bits per heavy atom. The average molecular weight is 422 g/mol. The van der Waals surface area contributed by atoms with E-state index in [9.17, 15) is 4.79 Å². The molecule has 1 aliphatic carbocycles. The number of hydrogen-bond donors (Lipinski definition) is 1. The molecule has 1 N–H and O–H groups in total. The van der Waals surface area contributed by atoms with Crippen molar-refractivity contribution in [3.8, 4) is 0 Å². The van der Waals surface area contributed by atoms with Crippen molar-refractivity contribution < 1.29 is 4.79 Å². The van der Waals surface area contributed by atoms with E-state index >= 15 is 0 Å². The first-order valence-electron chi connectivity index (χ1n) is 11.1. The number of pyridine rings is 2. The largest absolute Gasteiger partial charge is 0.321 e. The van der Waals surface area contributed by atoms with Gasteiger partial charge in [-0.15, -0.1) is 0 Å². The number of anilines is 1. The molecule has 0 bridgehead atoms. The number of benzene rings is 1. The van der Waals surface area contributed by atoms with E-state index in [4.69, 9.17) is 4.98 Å². The first-order valence-corrected chi connectivity index (χ1v) is 11.1. The van der Waals surface area contributed by atoms with Crippen molar-refractivity contribution in [2.75, 3.05) is 5.32 Å². The Hall–Kier alpha value is -3.93. The molecule has 0 radical (unpaired) electrons. The SMILES string of the molecule is O=C(Nc1ccn2c3c(nc2c1)CCCC3)c1cc2cccnc2n1Cc1ccccc1. The lowest BCUT2D eigenvalue weighted by molar-refractivity contribution is 0.101. The minimum atomic E-state index is -0.153. The molecule has 6 rings (SSSR count). The first-order chi connectivity index (χ1) is 15.8. The van der Waals surface area contributed by atoms with E-state index in [0.717, 1.165) is 40.8 Å². The van der Waals surface area contributed by atoms with E-state index in [1.54, 1.807) is 6.20 Å². The summed E-state index contributed by atoms with van der Waals surface area (Å²) in [5.74, 6) is -0.153. The Balaban J connectivity index is 1.35. The molecule has 0 aliphatic heterocycles. The van der Waals surface area contributed by atoms with Crippen LogP contribution in [-0.2, 0) is 19.4 Å². The summed E-state index contributed by atoms with van der Waals surface area (Å²) in [6.45, 7) is 0.579. The molecule has 6 heteroatoms. The number of rotatable bonds is 4. The van der Waals surface area contributed by atoms with E-state index in [-0.39, 0.29) is 5.91 Å². The molecule has 0 fully saturated rings. The number of carbonyl (C=O) groups is 1. The Morgan fingerprint density at radius 3 is 2.78 bits per heavy atom. The highest BCUT2D eigenvalue weighted by Gasteiger charge is 2.19. The van der Waals surface area contributed by atoms with Crippen LogP contribution in [0.1, 0.15) is 40.3 Å². The van der Waals surface area contributed by atoms with Crippen molar-refractivity contribution >= 4 is 28.3 Å². The molecule has 0 unspecified atom stereocenters.